The van der Waals surface area contributed by atoms with Crippen LogP contribution in [0.25, 0.3) is 11.3 Å². The third-order valence-corrected chi connectivity index (χ3v) is 2.75. The Morgan fingerprint density at radius 3 is 2.81 bits per heavy atom. The highest BCUT2D eigenvalue weighted by Gasteiger charge is 2.14. The largest absolute Gasteiger partial charge is 0.475 e. The van der Waals surface area contributed by atoms with Crippen molar-refractivity contribution in [1.29, 1.82) is 0 Å². The molecule has 16 heavy (non-hydrogen) atoms. The smallest absolute Gasteiger partial charge is 0.374 e. The molecule has 0 amide bonds. The van der Waals surface area contributed by atoms with Crippen molar-refractivity contribution < 1.29 is 14.4 Å². The minimum Gasteiger partial charge on any atom is -0.475 e. The zero-order chi connectivity index (χ0) is 11.7. The van der Waals surface area contributed by atoms with E-state index >= 15 is 0 Å². The molecule has 1 heterocycles. The second-order valence-corrected chi connectivity index (χ2v) is 4.33. The topological polar surface area (TPSA) is 63.3 Å². The molecule has 0 aliphatic carbocycles. The van der Waals surface area contributed by atoms with Crippen molar-refractivity contribution in [3.05, 3.63) is 39.5 Å². The fourth-order valence-corrected chi connectivity index (χ4v) is 1.77. The maximum Gasteiger partial charge on any atom is 0.374 e. The Labute approximate surface area is 104 Å². The summed E-state index contributed by atoms with van der Waals surface area (Å²) in [6, 6.07) is 6.54. The number of aromatic carboxylic acids is 1. The maximum atomic E-state index is 10.6. The van der Waals surface area contributed by atoms with Gasteiger partial charge in [0.15, 0.2) is 0 Å². The molecule has 0 saturated carbocycles. The summed E-state index contributed by atoms with van der Waals surface area (Å²) in [6.07, 6.45) is 0. The fraction of sp³-hybridized carbons (Fsp3) is 0. The Kier molecular flexibility index (Phi) is 2.98. The van der Waals surface area contributed by atoms with Gasteiger partial charge in [0.05, 0.1) is 5.02 Å². The molecule has 0 spiro atoms. The number of halogens is 2. The van der Waals surface area contributed by atoms with Crippen molar-refractivity contribution >= 4 is 33.5 Å². The van der Waals surface area contributed by atoms with E-state index in [1.54, 1.807) is 18.2 Å². The molecular weight excluding hydrogens is 297 g/mol. The van der Waals surface area contributed by atoms with Crippen molar-refractivity contribution in [1.82, 2.24) is 5.16 Å². The first-order valence-electron chi connectivity index (χ1n) is 4.23. The minimum atomic E-state index is -1.16. The number of carbonyl (C=O) groups is 1. The number of benzene rings is 1. The summed E-state index contributed by atoms with van der Waals surface area (Å²) in [5.41, 5.74) is 1.01. The first-order chi connectivity index (χ1) is 7.58. The molecule has 2 aromatic rings. The summed E-state index contributed by atoms with van der Waals surface area (Å²) in [5, 5.41) is 12.8. The van der Waals surface area contributed by atoms with E-state index in [1.807, 2.05) is 0 Å². The van der Waals surface area contributed by atoms with E-state index in [1.165, 1.54) is 6.07 Å². The summed E-state index contributed by atoms with van der Waals surface area (Å²) in [4.78, 5) is 10.6. The number of hydrogen-bond acceptors (Lipinski definition) is 3. The van der Waals surface area contributed by atoms with Gasteiger partial charge in [0.2, 0.25) is 5.76 Å². The van der Waals surface area contributed by atoms with E-state index in [9.17, 15) is 4.79 Å². The van der Waals surface area contributed by atoms with Gasteiger partial charge in [-0.1, -0.05) is 32.7 Å². The zero-order valence-electron chi connectivity index (χ0n) is 7.78. The van der Waals surface area contributed by atoms with Gasteiger partial charge in [0.25, 0.3) is 0 Å². The third kappa shape index (κ3) is 2.10. The zero-order valence-corrected chi connectivity index (χ0v) is 10.1. The first-order valence-corrected chi connectivity index (χ1v) is 5.40. The van der Waals surface area contributed by atoms with Gasteiger partial charge in [-0.15, -0.1) is 0 Å². The summed E-state index contributed by atoms with van der Waals surface area (Å²) < 4.78 is 5.48. The molecule has 0 fully saturated rings. The number of rotatable bonds is 2. The van der Waals surface area contributed by atoms with E-state index in [4.69, 9.17) is 16.7 Å². The van der Waals surface area contributed by atoms with Gasteiger partial charge < -0.3 is 9.63 Å². The lowest BCUT2D eigenvalue weighted by Gasteiger charge is -1.99. The summed E-state index contributed by atoms with van der Waals surface area (Å²) in [7, 11) is 0. The molecule has 4 nitrogen and oxygen atoms in total. The molecule has 1 aromatic heterocycles. The monoisotopic (exact) mass is 301 g/mol. The summed E-state index contributed by atoms with van der Waals surface area (Å²) in [6.45, 7) is 0. The Hall–Kier alpha value is -1.33. The number of hydrogen-bond donors (Lipinski definition) is 1. The van der Waals surface area contributed by atoms with Crippen molar-refractivity contribution in [2.24, 2.45) is 0 Å². The highest BCUT2D eigenvalue weighted by atomic mass is 79.9. The molecule has 2 rings (SSSR count). The number of carboxylic acids is 1. The molecule has 1 aromatic carbocycles. The van der Waals surface area contributed by atoms with Crippen LogP contribution in [0, 0.1) is 0 Å². The Bertz CT molecular complexity index is 553. The highest BCUT2D eigenvalue weighted by Crippen LogP contribution is 2.30. The summed E-state index contributed by atoms with van der Waals surface area (Å²) in [5.74, 6) is -1.38. The molecule has 0 radical (unpaired) electrons. The minimum absolute atomic E-state index is 0.217. The van der Waals surface area contributed by atoms with Crippen molar-refractivity contribution in [3.8, 4) is 11.3 Å². The van der Waals surface area contributed by atoms with Gasteiger partial charge in [0.1, 0.15) is 5.69 Å². The maximum absolute atomic E-state index is 10.6. The normalized spacial score (nSPS) is 10.4. The second-order valence-electron chi connectivity index (χ2n) is 3.01. The van der Waals surface area contributed by atoms with Crippen LogP contribution < -0.4 is 0 Å². The average Bonchev–Trinajstić information content (AvgIpc) is 2.70. The van der Waals surface area contributed by atoms with E-state index in [0.29, 0.717) is 16.3 Å². The van der Waals surface area contributed by atoms with Gasteiger partial charge in [-0.05, 0) is 18.2 Å². The lowest BCUT2D eigenvalue weighted by molar-refractivity contribution is 0.0652. The van der Waals surface area contributed by atoms with Crippen LogP contribution in [0.3, 0.4) is 0 Å². The quantitative estimate of drug-likeness (QED) is 0.923. The predicted molar refractivity (Wildman–Crippen MR) is 61.6 cm³/mol. The fourth-order valence-electron chi connectivity index (χ4n) is 1.20. The van der Waals surface area contributed by atoms with Gasteiger partial charge in [-0.2, -0.15) is 0 Å². The van der Waals surface area contributed by atoms with Crippen LogP contribution in [0.4, 0.5) is 0 Å². The van der Waals surface area contributed by atoms with Gasteiger partial charge >= 0.3 is 5.97 Å². The van der Waals surface area contributed by atoms with Crippen molar-refractivity contribution in [2.75, 3.05) is 0 Å². The Balaban J connectivity index is 2.50. The van der Waals surface area contributed by atoms with E-state index < -0.39 is 5.97 Å². The standard InChI is InChI=1S/C10H5BrClNO3/c11-5-1-2-7(12)6(3-5)8-4-9(10(14)15)16-13-8/h1-4H,(H,14,15). The summed E-state index contributed by atoms with van der Waals surface area (Å²) >= 11 is 9.27. The molecule has 6 heteroatoms. The number of carboxylic acid groups (broad SMARTS) is 1. The lowest BCUT2D eigenvalue weighted by atomic mass is 10.1. The molecule has 0 atom stereocenters. The van der Waals surface area contributed by atoms with Gasteiger partial charge in [-0.3, -0.25) is 0 Å². The average molecular weight is 303 g/mol. The second kappa shape index (κ2) is 4.27. The van der Waals surface area contributed by atoms with Crippen LogP contribution in [-0.2, 0) is 0 Å². The number of aromatic nitrogens is 1. The van der Waals surface area contributed by atoms with Crippen LogP contribution in [0.2, 0.25) is 5.02 Å². The SMILES string of the molecule is O=C(O)c1cc(-c2cc(Br)ccc2Cl)no1. The van der Waals surface area contributed by atoms with Crippen LogP contribution in [0.5, 0.6) is 0 Å². The molecule has 0 aliphatic rings. The van der Waals surface area contributed by atoms with E-state index in [2.05, 4.69) is 25.6 Å². The predicted octanol–water partition coefficient (Wildman–Crippen LogP) is 3.46. The molecule has 0 aliphatic heterocycles. The lowest BCUT2D eigenvalue weighted by Crippen LogP contribution is -1.91. The molecule has 0 bridgehead atoms. The van der Waals surface area contributed by atoms with Crippen LogP contribution >= 0.6 is 27.5 Å². The highest BCUT2D eigenvalue weighted by molar-refractivity contribution is 9.10. The van der Waals surface area contributed by atoms with Crippen molar-refractivity contribution in [3.63, 3.8) is 0 Å². The van der Waals surface area contributed by atoms with E-state index in [-0.39, 0.29) is 5.76 Å². The molecule has 82 valence electrons. The van der Waals surface area contributed by atoms with E-state index in [0.717, 1.165) is 4.47 Å². The van der Waals surface area contributed by atoms with Gasteiger partial charge in [0, 0.05) is 16.1 Å². The Morgan fingerprint density at radius 1 is 1.44 bits per heavy atom. The number of nitrogens with zero attached hydrogens (tertiary/aromatic N) is 1. The van der Waals surface area contributed by atoms with Crippen LogP contribution in [-0.4, -0.2) is 16.2 Å². The third-order valence-electron chi connectivity index (χ3n) is 1.93. The molecule has 1 N–H and O–H groups in total. The van der Waals surface area contributed by atoms with Crippen LogP contribution in [0.1, 0.15) is 10.6 Å². The van der Waals surface area contributed by atoms with Crippen molar-refractivity contribution in [2.45, 2.75) is 0 Å². The first kappa shape index (κ1) is 11.2. The Morgan fingerprint density at radius 2 is 2.19 bits per heavy atom. The van der Waals surface area contributed by atoms with Crippen LogP contribution in [0.15, 0.2) is 33.3 Å². The van der Waals surface area contributed by atoms with Gasteiger partial charge in [-0.25, -0.2) is 4.79 Å². The molecule has 0 saturated heterocycles. The molecular formula is C10H5BrClNO3. The molecule has 0 unspecified atom stereocenters.